The van der Waals surface area contributed by atoms with Crippen molar-refractivity contribution in [2.24, 2.45) is 11.8 Å². The second-order valence-electron chi connectivity index (χ2n) is 7.07. The molecule has 0 unspecified atom stereocenters. The van der Waals surface area contributed by atoms with Crippen LogP contribution in [-0.2, 0) is 16.0 Å². The van der Waals surface area contributed by atoms with E-state index in [1.165, 1.54) is 12.0 Å². The third kappa shape index (κ3) is 4.50. The minimum atomic E-state index is 0.191. The first-order valence-electron chi connectivity index (χ1n) is 9.25. The van der Waals surface area contributed by atoms with Gasteiger partial charge in [0.2, 0.25) is 5.91 Å². The SMILES string of the molecule is COc1cccc(CC[C@H]2CCCN(C(=O)C3CCOCC3)C2)c1. The number of hydrogen-bond acceptors (Lipinski definition) is 3. The Morgan fingerprint density at radius 1 is 1.29 bits per heavy atom. The molecule has 0 N–H and O–H groups in total. The maximum Gasteiger partial charge on any atom is 0.225 e. The fraction of sp³-hybridized carbons (Fsp3) is 0.650. The molecule has 2 aliphatic rings. The molecule has 0 aliphatic carbocycles. The summed E-state index contributed by atoms with van der Waals surface area (Å²) < 4.78 is 10.7. The number of rotatable bonds is 5. The zero-order valence-corrected chi connectivity index (χ0v) is 14.7. The number of ether oxygens (including phenoxy) is 2. The second-order valence-corrected chi connectivity index (χ2v) is 7.07. The first-order chi connectivity index (χ1) is 11.8. The number of aryl methyl sites for hydroxylation is 1. The Kier molecular flexibility index (Phi) is 6.13. The molecule has 2 saturated heterocycles. The van der Waals surface area contributed by atoms with E-state index in [9.17, 15) is 4.79 Å². The molecule has 1 aromatic carbocycles. The van der Waals surface area contributed by atoms with Crippen LogP contribution in [-0.4, -0.2) is 44.2 Å². The van der Waals surface area contributed by atoms with Crippen molar-refractivity contribution >= 4 is 5.91 Å². The van der Waals surface area contributed by atoms with Gasteiger partial charge in [-0.1, -0.05) is 12.1 Å². The lowest BCUT2D eigenvalue weighted by Crippen LogP contribution is -2.44. The molecular weight excluding hydrogens is 302 g/mol. The average molecular weight is 331 g/mol. The van der Waals surface area contributed by atoms with E-state index in [0.29, 0.717) is 11.8 Å². The molecule has 132 valence electrons. The van der Waals surface area contributed by atoms with Crippen LogP contribution in [0.3, 0.4) is 0 Å². The molecule has 4 nitrogen and oxygen atoms in total. The number of methoxy groups -OCH3 is 1. The summed E-state index contributed by atoms with van der Waals surface area (Å²) in [4.78, 5) is 14.8. The molecule has 1 amide bonds. The maximum atomic E-state index is 12.7. The van der Waals surface area contributed by atoms with Gasteiger partial charge >= 0.3 is 0 Å². The van der Waals surface area contributed by atoms with Crippen LogP contribution in [0.25, 0.3) is 0 Å². The highest BCUT2D eigenvalue weighted by Crippen LogP contribution is 2.26. The van der Waals surface area contributed by atoms with Gasteiger partial charge in [-0.3, -0.25) is 4.79 Å². The van der Waals surface area contributed by atoms with Gasteiger partial charge in [-0.2, -0.15) is 0 Å². The number of carbonyl (C=O) groups excluding carboxylic acids is 1. The fourth-order valence-corrected chi connectivity index (χ4v) is 3.90. The Labute approximate surface area is 145 Å². The van der Waals surface area contributed by atoms with Crippen molar-refractivity contribution in [3.8, 4) is 5.75 Å². The first kappa shape index (κ1) is 17.3. The third-order valence-corrected chi connectivity index (χ3v) is 5.38. The molecular formula is C20H29NO3. The summed E-state index contributed by atoms with van der Waals surface area (Å²) in [6.07, 6.45) is 6.36. The van der Waals surface area contributed by atoms with E-state index in [2.05, 4.69) is 23.1 Å². The fourth-order valence-electron chi connectivity index (χ4n) is 3.90. The van der Waals surface area contributed by atoms with Crippen molar-refractivity contribution in [2.45, 2.75) is 38.5 Å². The highest BCUT2D eigenvalue weighted by Gasteiger charge is 2.29. The van der Waals surface area contributed by atoms with Gasteiger partial charge in [-0.05, 0) is 62.1 Å². The Morgan fingerprint density at radius 2 is 2.12 bits per heavy atom. The molecule has 3 rings (SSSR count). The Hall–Kier alpha value is -1.55. The lowest BCUT2D eigenvalue weighted by molar-refractivity contribution is -0.140. The van der Waals surface area contributed by atoms with Gasteiger partial charge in [0, 0.05) is 32.2 Å². The van der Waals surface area contributed by atoms with Crippen molar-refractivity contribution in [3.63, 3.8) is 0 Å². The van der Waals surface area contributed by atoms with Crippen LogP contribution < -0.4 is 4.74 Å². The van der Waals surface area contributed by atoms with E-state index in [0.717, 1.165) is 64.2 Å². The normalized spacial score (nSPS) is 22.4. The lowest BCUT2D eigenvalue weighted by Gasteiger charge is -2.36. The number of benzene rings is 1. The first-order valence-corrected chi connectivity index (χ1v) is 9.25. The van der Waals surface area contributed by atoms with Crippen LogP contribution in [0.4, 0.5) is 0 Å². The highest BCUT2D eigenvalue weighted by atomic mass is 16.5. The summed E-state index contributed by atoms with van der Waals surface area (Å²) in [6, 6.07) is 8.32. The summed E-state index contributed by atoms with van der Waals surface area (Å²) in [6.45, 7) is 3.35. The van der Waals surface area contributed by atoms with E-state index in [-0.39, 0.29) is 5.92 Å². The monoisotopic (exact) mass is 331 g/mol. The highest BCUT2D eigenvalue weighted by molar-refractivity contribution is 5.79. The number of nitrogens with zero attached hydrogens (tertiary/aromatic N) is 1. The molecule has 2 heterocycles. The smallest absolute Gasteiger partial charge is 0.225 e. The zero-order chi connectivity index (χ0) is 16.8. The van der Waals surface area contributed by atoms with Crippen LogP contribution in [0.5, 0.6) is 5.75 Å². The second kappa shape index (κ2) is 8.52. The number of amides is 1. The maximum absolute atomic E-state index is 12.7. The van der Waals surface area contributed by atoms with Crippen LogP contribution in [0.15, 0.2) is 24.3 Å². The van der Waals surface area contributed by atoms with Crippen molar-refractivity contribution in [1.29, 1.82) is 0 Å². The van der Waals surface area contributed by atoms with Crippen molar-refractivity contribution in [3.05, 3.63) is 29.8 Å². The van der Waals surface area contributed by atoms with E-state index in [4.69, 9.17) is 9.47 Å². The van der Waals surface area contributed by atoms with E-state index >= 15 is 0 Å². The van der Waals surface area contributed by atoms with E-state index in [1.54, 1.807) is 7.11 Å². The quantitative estimate of drug-likeness (QED) is 0.831. The molecule has 0 bridgehead atoms. The molecule has 0 radical (unpaired) electrons. The van der Waals surface area contributed by atoms with E-state index < -0.39 is 0 Å². The Bertz CT molecular complexity index is 539. The molecule has 0 spiro atoms. The molecule has 0 aromatic heterocycles. The summed E-state index contributed by atoms with van der Waals surface area (Å²) in [5.41, 5.74) is 1.32. The molecule has 4 heteroatoms. The Morgan fingerprint density at radius 3 is 2.92 bits per heavy atom. The summed E-state index contributed by atoms with van der Waals surface area (Å²) in [7, 11) is 1.71. The average Bonchev–Trinajstić information content (AvgIpc) is 2.67. The molecule has 24 heavy (non-hydrogen) atoms. The van der Waals surface area contributed by atoms with Gasteiger partial charge in [0.15, 0.2) is 0 Å². The topological polar surface area (TPSA) is 38.8 Å². The van der Waals surface area contributed by atoms with Gasteiger partial charge < -0.3 is 14.4 Å². The van der Waals surface area contributed by atoms with Crippen LogP contribution in [0, 0.1) is 11.8 Å². The van der Waals surface area contributed by atoms with Gasteiger partial charge in [0.1, 0.15) is 5.75 Å². The molecule has 2 aliphatic heterocycles. The summed E-state index contributed by atoms with van der Waals surface area (Å²) in [5.74, 6) is 2.10. The van der Waals surface area contributed by atoms with Gasteiger partial charge in [-0.25, -0.2) is 0 Å². The number of piperidine rings is 1. The zero-order valence-electron chi connectivity index (χ0n) is 14.7. The molecule has 2 fully saturated rings. The van der Waals surface area contributed by atoms with Crippen LogP contribution in [0.2, 0.25) is 0 Å². The van der Waals surface area contributed by atoms with Crippen molar-refractivity contribution in [1.82, 2.24) is 4.90 Å². The van der Waals surface area contributed by atoms with Gasteiger partial charge in [0.25, 0.3) is 0 Å². The lowest BCUT2D eigenvalue weighted by atomic mass is 9.90. The van der Waals surface area contributed by atoms with Gasteiger partial charge in [-0.15, -0.1) is 0 Å². The number of hydrogen-bond donors (Lipinski definition) is 0. The predicted molar refractivity (Wildman–Crippen MR) is 94.2 cm³/mol. The number of carbonyl (C=O) groups is 1. The Balaban J connectivity index is 1.50. The third-order valence-electron chi connectivity index (χ3n) is 5.38. The van der Waals surface area contributed by atoms with Gasteiger partial charge in [0.05, 0.1) is 7.11 Å². The molecule has 0 saturated carbocycles. The van der Waals surface area contributed by atoms with Crippen molar-refractivity contribution < 1.29 is 14.3 Å². The summed E-state index contributed by atoms with van der Waals surface area (Å²) in [5, 5.41) is 0. The van der Waals surface area contributed by atoms with Crippen molar-refractivity contribution in [2.75, 3.05) is 33.4 Å². The van der Waals surface area contributed by atoms with Crippen LogP contribution in [0.1, 0.15) is 37.7 Å². The summed E-state index contributed by atoms with van der Waals surface area (Å²) >= 11 is 0. The number of likely N-dealkylation sites (tertiary alicyclic amines) is 1. The largest absolute Gasteiger partial charge is 0.497 e. The minimum Gasteiger partial charge on any atom is -0.497 e. The predicted octanol–water partition coefficient (Wildman–Crippen LogP) is 3.29. The molecule has 1 aromatic rings. The van der Waals surface area contributed by atoms with Crippen LogP contribution >= 0.6 is 0 Å². The molecule has 1 atom stereocenters. The van der Waals surface area contributed by atoms with E-state index in [1.807, 2.05) is 6.07 Å². The minimum absolute atomic E-state index is 0.191. The standard InChI is InChI=1S/C20H29NO3/c1-23-19-6-2-4-16(14-19)7-8-17-5-3-11-21(15-17)20(22)18-9-12-24-13-10-18/h2,4,6,14,17-18H,3,5,7-13,15H2,1H3/t17-/m1/s1.